The third-order valence-electron chi connectivity index (χ3n) is 7.26. The number of anilines is 2. The number of nitrogens with one attached hydrogen (secondary N) is 1. The van der Waals surface area contributed by atoms with Crippen LogP contribution in [-0.4, -0.2) is 53.5 Å². The molecule has 1 aliphatic heterocycles. The van der Waals surface area contributed by atoms with Gasteiger partial charge in [-0.05, 0) is 57.9 Å². The zero-order valence-corrected chi connectivity index (χ0v) is 20.5. The van der Waals surface area contributed by atoms with Crippen molar-refractivity contribution in [3.63, 3.8) is 0 Å². The summed E-state index contributed by atoms with van der Waals surface area (Å²) in [6, 6.07) is 9.26. The SMILES string of the molecule is CN=Cc1cc(-c2nc(C3CCC3)c3cc(N4C[C@@H](C)N[C@@H](C)C4)ccc3n2)c(O)c(C)c1N. The summed E-state index contributed by atoms with van der Waals surface area (Å²) < 4.78 is 0. The van der Waals surface area contributed by atoms with Gasteiger partial charge in [0.15, 0.2) is 5.82 Å². The van der Waals surface area contributed by atoms with Crippen molar-refractivity contribution in [2.45, 2.75) is 58.0 Å². The molecule has 2 aromatic carbocycles. The van der Waals surface area contributed by atoms with E-state index in [0.717, 1.165) is 48.1 Å². The highest BCUT2D eigenvalue weighted by atomic mass is 16.3. The van der Waals surface area contributed by atoms with E-state index in [2.05, 4.69) is 47.3 Å². The van der Waals surface area contributed by atoms with Gasteiger partial charge in [-0.15, -0.1) is 0 Å². The second kappa shape index (κ2) is 8.87. The lowest BCUT2D eigenvalue weighted by atomic mass is 9.81. The molecule has 3 aromatic rings. The van der Waals surface area contributed by atoms with Crippen LogP contribution in [0, 0.1) is 6.92 Å². The first kappa shape index (κ1) is 22.6. The molecule has 34 heavy (non-hydrogen) atoms. The van der Waals surface area contributed by atoms with Crippen molar-refractivity contribution < 1.29 is 5.11 Å². The minimum absolute atomic E-state index is 0.130. The van der Waals surface area contributed by atoms with Gasteiger partial charge >= 0.3 is 0 Å². The summed E-state index contributed by atoms with van der Waals surface area (Å²) in [6.07, 6.45) is 5.21. The third kappa shape index (κ3) is 3.98. The van der Waals surface area contributed by atoms with E-state index in [1.807, 2.05) is 13.0 Å². The first-order valence-corrected chi connectivity index (χ1v) is 12.2. The quantitative estimate of drug-likeness (QED) is 0.396. The fraction of sp³-hybridized carbons (Fsp3) is 0.444. The molecule has 0 unspecified atom stereocenters. The van der Waals surface area contributed by atoms with Crippen LogP contribution in [0.5, 0.6) is 5.75 Å². The predicted molar refractivity (Wildman–Crippen MR) is 140 cm³/mol. The number of phenolic OH excluding ortho intramolecular Hbond substituents is 1. The smallest absolute Gasteiger partial charge is 0.163 e. The molecular formula is C27H34N6O. The summed E-state index contributed by atoms with van der Waals surface area (Å²) in [7, 11) is 1.71. The van der Waals surface area contributed by atoms with Crippen LogP contribution in [-0.2, 0) is 0 Å². The molecule has 0 radical (unpaired) electrons. The van der Waals surface area contributed by atoms with Crippen LogP contribution in [0.25, 0.3) is 22.3 Å². The first-order chi connectivity index (χ1) is 16.4. The van der Waals surface area contributed by atoms with Gasteiger partial charge in [-0.2, -0.15) is 0 Å². The van der Waals surface area contributed by atoms with Gasteiger partial charge < -0.3 is 21.1 Å². The van der Waals surface area contributed by atoms with Crippen molar-refractivity contribution in [1.82, 2.24) is 15.3 Å². The summed E-state index contributed by atoms with van der Waals surface area (Å²) in [6.45, 7) is 8.24. The Bertz CT molecular complexity index is 1260. The lowest BCUT2D eigenvalue weighted by molar-refractivity contribution is 0.407. The Morgan fingerprint density at radius 2 is 1.88 bits per heavy atom. The van der Waals surface area contributed by atoms with Gasteiger partial charge in [0.1, 0.15) is 5.75 Å². The Labute approximate surface area is 201 Å². The molecule has 4 N–H and O–H groups in total. The van der Waals surface area contributed by atoms with E-state index in [9.17, 15) is 5.11 Å². The Kier molecular flexibility index (Phi) is 5.90. The molecule has 1 aliphatic carbocycles. The lowest BCUT2D eigenvalue weighted by Crippen LogP contribution is -2.54. The number of fused-ring (bicyclic) bond motifs is 1. The van der Waals surface area contributed by atoms with Gasteiger partial charge in [0.25, 0.3) is 0 Å². The van der Waals surface area contributed by atoms with Crippen molar-refractivity contribution >= 4 is 28.5 Å². The molecule has 0 spiro atoms. The molecule has 1 saturated heterocycles. The molecule has 2 aliphatic rings. The van der Waals surface area contributed by atoms with Crippen LogP contribution >= 0.6 is 0 Å². The Hall–Kier alpha value is -3.19. The Morgan fingerprint density at radius 3 is 2.53 bits per heavy atom. The molecule has 5 rings (SSSR count). The summed E-state index contributed by atoms with van der Waals surface area (Å²) in [5.74, 6) is 1.09. The van der Waals surface area contributed by atoms with Crippen LogP contribution in [0.3, 0.4) is 0 Å². The van der Waals surface area contributed by atoms with E-state index < -0.39 is 0 Å². The van der Waals surface area contributed by atoms with Crippen molar-refractivity contribution in [1.29, 1.82) is 0 Å². The molecule has 1 aromatic heterocycles. The molecular weight excluding hydrogens is 424 g/mol. The number of nitrogens with two attached hydrogens (primary N) is 1. The summed E-state index contributed by atoms with van der Waals surface area (Å²) in [5, 5.41) is 15.7. The zero-order valence-electron chi connectivity index (χ0n) is 20.5. The topological polar surface area (TPSA) is 99.7 Å². The average molecular weight is 459 g/mol. The molecule has 178 valence electrons. The standard InChI is InChI=1S/C27H34N6O/c1-15-13-33(14-16(2)30-15)20-8-9-23-21(11-20)25(18-6-5-7-18)32-27(31-23)22-10-19(12-29-4)24(28)17(3)26(22)34/h8-12,15-16,18,30,34H,5-7,13-14,28H2,1-4H3/t15-,16+. The average Bonchev–Trinajstić information content (AvgIpc) is 2.77. The second-order valence-electron chi connectivity index (χ2n) is 9.92. The van der Waals surface area contributed by atoms with E-state index in [-0.39, 0.29) is 5.75 Å². The highest BCUT2D eigenvalue weighted by Gasteiger charge is 2.27. The highest BCUT2D eigenvalue weighted by Crippen LogP contribution is 2.42. The molecule has 1 saturated carbocycles. The number of hydrogen-bond acceptors (Lipinski definition) is 7. The number of hydrogen-bond donors (Lipinski definition) is 3. The highest BCUT2D eigenvalue weighted by molar-refractivity contribution is 5.93. The number of phenols is 1. The Balaban J connectivity index is 1.65. The van der Waals surface area contributed by atoms with Crippen LogP contribution in [0.2, 0.25) is 0 Å². The second-order valence-corrected chi connectivity index (χ2v) is 9.92. The Morgan fingerprint density at radius 1 is 1.15 bits per heavy atom. The van der Waals surface area contributed by atoms with Crippen LogP contribution in [0.1, 0.15) is 55.8 Å². The fourth-order valence-corrected chi connectivity index (χ4v) is 5.25. The number of aromatic nitrogens is 2. The molecule has 0 bridgehead atoms. The lowest BCUT2D eigenvalue weighted by Gasteiger charge is -2.38. The van der Waals surface area contributed by atoms with E-state index in [1.165, 1.54) is 12.1 Å². The van der Waals surface area contributed by atoms with Gasteiger partial charge in [-0.3, -0.25) is 4.99 Å². The molecule has 0 amide bonds. The van der Waals surface area contributed by atoms with E-state index in [1.54, 1.807) is 13.3 Å². The maximum absolute atomic E-state index is 10.9. The number of benzene rings is 2. The van der Waals surface area contributed by atoms with Gasteiger partial charge in [0.05, 0.1) is 16.8 Å². The molecule has 2 heterocycles. The van der Waals surface area contributed by atoms with E-state index in [0.29, 0.717) is 40.6 Å². The number of nitrogen functional groups attached to an aromatic ring is 1. The summed E-state index contributed by atoms with van der Waals surface area (Å²) >= 11 is 0. The fourth-order valence-electron chi connectivity index (χ4n) is 5.25. The van der Waals surface area contributed by atoms with Gasteiger partial charge in [-0.1, -0.05) is 6.42 Å². The number of aliphatic imine (C=N–C) groups is 1. The molecule has 2 fully saturated rings. The number of aromatic hydroxyl groups is 1. The summed E-state index contributed by atoms with van der Waals surface area (Å²) in [4.78, 5) is 16.5. The first-order valence-electron chi connectivity index (χ1n) is 12.2. The largest absolute Gasteiger partial charge is 0.507 e. The van der Waals surface area contributed by atoms with Crippen LogP contribution in [0.15, 0.2) is 29.3 Å². The maximum Gasteiger partial charge on any atom is 0.163 e. The minimum Gasteiger partial charge on any atom is -0.507 e. The van der Waals surface area contributed by atoms with E-state index >= 15 is 0 Å². The molecule has 2 atom stereocenters. The van der Waals surface area contributed by atoms with Crippen molar-refractivity contribution in [2.75, 3.05) is 30.8 Å². The summed E-state index contributed by atoms with van der Waals surface area (Å²) in [5.41, 5.74) is 11.9. The minimum atomic E-state index is 0.130. The molecule has 7 heteroatoms. The number of nitrogens with zero attached hydrogens (tertiary/aromatic N) is 4. The van der Waals surface area contributed by atoms with Crippen LogP contribution < -0.4 is 16.0 Å². The zero-order chi connectivity index (χ0) is 24.0. The maximum atomic E-state index is 10.9. The predicted octanol–water partition coefficient (Wildman–Crippen LogP) is 4.40. The number of piperazine rings is 1. The van der Waals surface area contributed by atoms with Gasteiger partial charge in [-0.25, -0.2) is 9.97 Å². The third-order valence-corrected chi connectivity index (χ3v) is 7.26. The number of rotatable bonds is 4. The van der Waals surface area contributed by atoms with E-state index in [4.69, 9.17) is 15.7 Å². The van der Waals surface area contributed by atoms with Gasteiger partial charge in [0.2, 0.25) is 0 Å². The van der Waals surface area contributed by atoms with Gasteiger partial charge in [0, 0.05) is 72.2 Å². The monoisotopic (exact) mass is 458 g/mol. The molecule has 7 nitrogen and oxygen atoms in total. The normalized spacial score (nSPS) is 21.4. The van der Waals surface area contributed by atoms with Crippen molar-refractivity contribution in [3.8, 4) is 17.1 Å². The van der Waals surface area contributed by atoms with Crippen molar-refractivity contribution in [3.05, 3.63) is 41.1 Å². The van der Waals surface area contributed by atoms with Crippen LogP contribution in [0.4, 0.5) is 11.4 Å². The van der Waals surface area contributed by atoms with Crippen molar-refractivity contribution in [2.24, 2.45) is 4.99 Å².